The van der Waals surface area contributed by atoms with E-state index < -0.39 is 11.7 Å². The molecular weight excluding hydrogens is 279 g/mol. The summed E-state index contributed by atoms with van der Waals surface area (Å²) in [5.74, 6) is -1.01. The quantitative estimate of drug-likeness (QED) is 0.850. The van der Waals surface area contributed by atoms with Crippen molar-refractivity contribution in [2.45, 2.75) is 13.0 Å². The number of carbonyl (C=O) groups is 1. The van der Waals surface area contributed by atoms with E-state index in [1.54, 1.807) is 12.1 Å². The number of hydrogen-bond acceptors (Lipinski definition) is 2. The zero-order valence-electron chi connectivity index (χ0n) is 10.9. The normalized spacial score (nSPS) is 11.9. The van der Waals surface area contributed by atoms with Crippen LogP contribution in [0.15, 0.2) is 42.5 Å². The summed E-state index contributed by atoms with van der Waals surface area (Å²) in [5.41, 5.74) is 6.45. The van der Waals surface area contributed by atoms with Crippen LogP contribution in [-0.4, -0.2) is 5.91 Å². The Morgan fingerprint density at radius 3 is 2.55 bits per heavy atom. The molecule has 0 aromatic heterocycles. The van der Waals surface area contributed by atoms with Gasteiger partial charge in [-0.15, -0.1) is 0 Å². The highest BCUT2D eigenvalue weighted by Crippen LogP contribution is 2.19. The van der Waals surface area contributed by atoms with Crippen molar-refractivity contribution < 1.29 is 9.18 Å². The molecule has 0 unspecified atom stereocenters. The summed E-state index contributed by atoms with van der Waals surface area (Å²) < 4.78 is 13.3. The molecule has 0 aliphatic heterocycles. The average molecular weight is 293 g/mol. The summed E-state index contributed by atoms with van der Waals surface area (Å²) in [7, 11) is 0. The van der Waals surface area contributed by atoms with Crippen LogP contribution in [0.25, 0.3) is 0 Å². The third-order valence-corrected chi connectivity index (χ3v) is 3.27. The third-order valence-electron chi connectivity index (χ3n) is 3.02. The minimum Gasteiger partial charge on any atom is -0.396 e. The Labute approximate surface area is 121 Å². The van der Waals surface area contributed by atoms with Gasteiger partial charge < -0.3 is 11.1 Å². The molecule has 2 aromatic rings. The van der Waals surface area contributed by atoms with Gasteiger partial charge in [0.25, 0.3) is 5.91 Å². The molecule has 0 heterocycles. The molecular formula is C15H14ClFN2O. The van der Waals surface area contributed by atoms with E-state index in [0.717, 1.165) is 5.56 Å². The first-order valence-corrected chi connectivity index (χ1v) is 6.47. The fraction of sp³-hybridized carbons (Fsp3) is 0.133. The number of benzene rings is 2. The maximum Gasteiger partial charge on any atom is 0.253 e. The van der Waals surface area contributed by atoms with Crippen LogP contribution in [-0.2, 0) is 0 Å². The number of para-hydroxylation sites is 1. The van der Waals surface area contributed by atoms with Crippen LogP contribution < -0.4 is 11.1 Å². The molecule has 1 amide bonds. The lowest BCUT2D eigenvalue weighted by molar-refractivity contribution is 0.0940. The minimum absolute atomic E-state index is 0.130. The Kier molecular flexibility index (Phi) is 4.25. The molecule has 5 heteroatoms. The number of hydrogen-bond donors (Lipinski definition) is 2. The van der Waals surface area contributed by atoms with Gasteiger partial charge >= 0.3 is 0 Å². The molecule has 0 radical (unpaired) electrons. The van der Waals surface area contributed by atoms with Gasteiger partial charge in [-0.2, -0.15) is 0 Å². The molecule has 20 heavy (non-hydrogen) atoms. The van der Waals surface area contributed by atoms with Crippen molar-refractivity contribution in [1.82, 2.24) is 5.32 Å². The fourth-order valence-electron chi connectivity index (χ4n) is 1.84. The molecule has 3 nitrogen and oxygen atoms in total. The third kappa shape index (κ3) is 3.08. The Morgan fingerprint density at radius 2 is 1.90 bits per heavy atom. The predicted octanol–water partition coefficient (Wildman–Crippen LogP) is 3.55. The molecule has 0 saturated carbocycles. The highest BCUT2D eigenvalue weighted by Gasteiger charge is 2.15. The number of nitrogen functional groups attached to an aromatic ring is 1. The molecule has 2 aromatic carbocycles. The Morgan fingerprint density at radius 1 is 1.25 bits per heavy atom. The molecule has 0 aliphatic rings. The summed E-state index contributed by atoms with van der Waals surface area (Å²) in [5, 5.41) is 3.40. The lowest BCUT2D eigenvalue weighted by atomic mass is 10.1. The number of anilines is 1. The van der Waals surface area contributed by atoms with Crippen LogP contribution in [0.4, 0.5) is 10.1 Å². The lowest BCUT2D eigenvalue weighted by Crippen LogP contribution is -2.27. The van der Waals surface area contributed by atoms with Gasteiger partial charge in [0.15, 0.2) is 0 Å². The largest absolute Gasteiger partial charge is 0.396 e. The highest BCUT2D eigenvalue weighted by atomic mass is 35.5. The lowest BCUT2D eigenvalue weighted by Gasteiger charge is -2.15. The summed E-state index contributed by atoms with van der Waals surface area (Å²) in [6.45, 7) is 1.83. The van der Waals surface area contributed by atoms with E-state index in [1.165, 1.54) is 18.2 Å². The topological polar surface area (TPSA) is 55.1 Å². The van der Waals surface area contributed by atoms with Crippen molar-refractivity contribution in [2.24, 2.45) is 0 Å². The number of amides is 1. The SMILES string of the molecule is C[C@@H](NC(=O)c1cccc(F)c1N)c1ccc(Cl)cc1. The second kappa shape index (κ2) is 5.92. The van der Waals surface area contributed by atoms with Crippen LogP contribution in [0.1, 0.15) is 28.9 Å². The van der Waals surface area contributed by atoms with Crippen LogP contribution in [0, 0.1) is 5.82 Å². The van der Waals surface area contributed by atoms with E-state index in [-0.39, 0.29) is 17.3 Å². The first-order chi connectivity index (χ1) is 9.49. The maximum atomic E-state index is 13.3. The Balaban J connectivity index is 2.15. The zero-order chi connectivity index (χ0) is 14.7. The van der Waals surface area contributed by atoms with Gasteiger partial charge in [0.1, 0.15) is 5.82 Å². The van der Waals surface area contributed by atoms with Gasteiger partial charge in [0.05, 0.1) is 17.3 Å². The summed E-state index contributed by atoms with van der Waals surface area (Å²) >= 11 is 5.81. The van der Waals surface area contributed by atoms with Gasteiger partial charge in [-0.05, 0) is 36.8 Å². The summed E-state index contributed by atoms with van der Waals surface area (Å²) in [4.78, 5) is 12.1. The van der Waals surface area contributed by atoms with E-state index in [4.69, 9.17) is 17.3 Å². The standard InChI is InChI=1S/C15H14ClFN2O/c1-9(10-5-7-11(16)8-6-10)19-15(20)12-3-2-4-13(17)14(12)18/h2-9H,18H2,1H3,(H,19,20)/t9-/m1/s1. The molecule has 104 valence electrons. The van der Waals surface area contributed by atoms with Crippen molar-refractivity contribution in [3.05, 3.63) is 64.4 Å². The summed E-state index contributed by atoms with van der Waals surface area (Å²) in [6, 6.07) is 11.1. The van der Waals surface area contributed by atoms with Crippen LogP contribution >= 0.6 is 11.6 Å². The summed E-state index contributed by atoms with van der Waals surface area (Å²) in [6.07, 6.45) is 0. The van der Waals surface area contributed by atoms with Crippen molar-refractivity contribution in [2.75, 3.05) is 5.73 Å². The van der Waals surface area contributed by atoms with Gasteiger partial charge in [0, 0.05) is 5.02 Å². The molecule has 1 atom stereocenters. The highest BCUT2D eigenvalue weighted by molar-refractivity contribution is 6.30. The van der Waals surface area contributed by atoms with Crippen LogP contribution in [0.2, 0.25) is 5.02 Å². The molecule has 0 spiro atoms. The maximum absolute atomic E-state index is 13.3. The number of nitrogens with two attached hydrogens (primary N) is 1. The number of nitrogens with one attached hydrogen (secondary N) is 1. The number of rotatable bonds is 3. The monoisotopic (exact) mass is 292 g/mol. The van der Waals surface area contributed by atoms with Crippen molar-refractivity contribution in [3.8, 4) is 0 Å². The van der Waals surface area contributed by atoms with Gasteiger partial charge in [-0.25, -0.2) is 4.39 Å². The number of halogens is 2. The van der Waals surface area contributed by atoms with Crippen molar-refractivity contribution in [1.29, 1.82) is 0 Å². The van der Waals surface area contributed by atoms with Crippen molar-refractivity contribution >= 4 is 23.2 Å². The van der Waals surface area contributed by atoms with Crippen LogP contribution in [0.3, 0.4) is 0 Å². The van der Waals surface area contributed by atoms with E-state index in [2.05, 4.69) is 5.32 Å². The second-order valence-corrected chi connectivity index (χ2v) is 4.88. The molecule has 2 rings (SSSR count). The molecule has 0 bridgehead atoms. The molecule has 0 saturated heterocycles. The van der Waals surface area contributed by atoms with Gasteiger partial charge in [-0.1, -0.05) is 29.8 Å². The number of carbonyl (C=O) groups excluding carboxylic acids is 1. The molecule has 3 N–H and O–H groups in total. The van der Waals surface area contributed by atoms with Crippen LogP contribution in [0.5, 0.6) is 0 Å². The second-order valence-electron chi connectivity index (χ2n) is 4.45. The fourth-order valence-corrected chi connectivity index (χ4v) is 1.97. The zero-order valence-corrected chi connectivity index (χ0v) is 11.6. The van der Waals surface area contributed by atoms with Gasteiger partial charge in [-0.3, -0.25) is 4.79 Å². The minimum atomic E-state index is -0.600. The Bertz CT molecular complexity index is 628. The molecule has 0 aliphatic carbocycles. The smallest absolute Gasteiger partial charge is 0.253 e. The average Bonchev–Trinajstić information content (AvgIpc) is 2.42. The van der Waals surface area contributed by atoms with E-state index in [1.807, 2.05) is 19.1 Å². The van der Waals surface area contributed by atoms with E-state index >= 15 is 0 Å². The van der Waals surface area contributed by atoms with E-state index in [9.17, 15) is 9.18 Å². The first-order valence-electron chi connectivity index (χ1n) is 6.09. The Hall–Kier alpha value is -2.07. The predicted molar refractivity (Wildman–Crippen MR) is 78.1 cm³/mol. The van der Waals surface area contributed by atoms with Crippen molar-refractivity contribution in [3.63, 3.8) is 0 Å². The first kappa shape index (κ1) is 14.3. The van der Waals surface area contributed by atoms with E-state index in [0.29, 0.717) is 5.02 Å². The van der Waals surface area contributed by atoms with Gasteiger partial charge in [0.2, 0.25) is 0 Å². The molecule has 0 fully saturated rings.